The van der Waals surface area contributed by atoms with Gasteiger partial charge in [-0.3, -0.25) is 8.37 Å². The Balaban J connectivity index is 2.25. The molecule has 0 saturated heterocycles. The Hall–Kier alpha value is -3.05. The highest BCUT2D eigenvalue weighted by Gasteiger charge is 2.21. The minimum Gasteiger partial charge on any atom is -0.372 e. The SMILES string of the molecule is CCN(CC)c1ccc(C(=C2C=CC(=[N+](CC)CC)C=C2)c2ccc(CS(=O)(=O)OC)c(CS(=O)(=O)OC)c2)cc1. The Morgan fingerprint density at radius 1 is 0.707 bits per heavy atom. The maximum atomic E-state index is 12.5. The van der Waals surface area contributed by atoms with E-state index in [9.17, 15) is 16.8 Å². The number of anilines is 1. The average molecular weight is 602 g/mol. The van der Waals surface area contributed by atoms with E-state index in [1.54, 1.807) is 12.1 Å². The maximum Gasteiger partial charge on any atom is 0.271 e. The highest BCUT2D eigenvalue weighted by Crippen LogP contribution is 2.33. The van der Waals surface area contributed by atoms with Gasteiger partial charge in [-0.15, -0.1) is 0 Å². The second-order valence-corrected chi connectivity index (χ2v) is 13.0. The molecule has 0 amide bonds. The molecule has 0 aliphatic heterocycles. The van der Waals surface area contributed by atoms with E-state index in [0.29, 0.717) is 11.1 Å². The van der Waals surface area contributed by atoms with Crippen LogP contribution in [0.25, 0.3) is 5.57 Å². The molecule has 41 heavy (non-hydrogen) atoms. The molecule has 0 bridgehead atoms. The third-order valence-electron chi connectivity index (χ3n) is 7.24. The van der Waals surface area contributed by atoms with Crippen LogP contribution in [-0.4, -0.2) is 67.5 Å². The predicted molar refractivity (Wildman–Crippen MR) is 166 cm³/mol. The lowest BCUT2D eigenvalue weighted by Gasteiger charge is -2.22. The molecule has 0 radical (unpaired) electrons. The van der Waals surface area contributed by atoms with E-state index in [0.717, 1.165) is 74.1 Å². The van der Waals surface area contributed by atoms with Crippen molar-refractivity contribution in [2.24, 2.45) is 0 Å². The smallest absolute Gasteiger partial charge is 0.271 e. The van der Waals surface area contributed by atoms with E-state index in [1.807, 2.05) is 6.07 Å². The third-order valence-corrected chi connectivity index (χ3v) is 9.58. The van der Waals surface area contributed by atoms with Crippen LogP contribution in [0.15, 0.2) is 72.3 Å². The van der Waals surface area contributed by atoms with E-state index in [4.69, 9.17) is 4.18 Å². The molecule has 8 nitrogen and oxygen atoms in total. The molecule has 0 saturated carbocycles. The van der Waals surface area contributed by atoms with Crippen LogP contribution in [0.3, 0.4) is 0 Å². The van der Waals surface area contributed by atoms with Gasteiger partial charge in [0, 0.05) is 30.9 Å². The van der Waals surface area contributed by atoms with Crippen molar-refractivity contribution in [1.82, 2.24) is 0 Å². The standard InChI is InChI=1S/C31H41N2O6S2/c1-7-32(8-2)29-17-13-24(14-18-29)31(25-15-19-30(20-16-25)33(9-3)10-4)26-11-12-27(22-40(34,35)38-5)28(21-26)23-41(36,37)39-6/h11-21H,7-10,22-23H2,1-6H3/q+1. The molecule has 0 N–H and O–H groups in total. The van der Waals surface area contributed by atoms with E-state index in [2.05, 4.69) is 89.9 Å². The molecule has 2 aromatic carbocycles. The fraction of sp³-hybridized carbons (Fsp3) is 0.387. The molecule has 0 spiro atoms. The van der Waals surface area contributed by atoms with Gasteiger partial charge in [0.1, 0.15) is 24.6 Å². The second-order valence-electron chi connectivity index (χ2n) is 9.53. The number of benzene rings is 2. The zero-order chi connectivity index (χ0) is 30.2. The van der Waals surface area contributed by atoms with Gasteiger partial charge in [-0.25, -0.2) is 4.58 Å². The summed E-state index contributed by atoms with van der Waals surface area (Å²) in [5, 5.41) is 0. The van der Waals surface area contributed by atoms with Crippen molar-refractivity contribution in [3.8, 4) is 0 Å². The zero-order valence-electron chi connectivity index (χ0n) is 24.8. The van der Waals surface area contributed by atoms with Crippen LogP contribution in [0, 0.1) is 0 Å². The normalized spacial score (nSPS) is 13.5. The topological polar surface area (TPSA) is 93.0 Å². The Morgan fingerprint density at radius 2 is 1.22 bits per heavy atom. The first-order valence-corrected chi connectivity index (χ1v) is 16.9. The molecule has 3 rings (SSSR count). The minimum absolute atomic E-state index is 0.335. The summed E-state index contributed by atoms with van der Waals surface area (Å²) in [6.45, 7) is 12.0. The molecular weight excluding hydrogens is 560 g/mol. The highest BCUT2D eigenvalue weighted by molar-refractivity contribution is 7.86. The lowest BCUT2D eigenvalue weighted by molar-refractivity contribution is -0.519. The van der Waals surface area contributed by atoms with Gasteiger partial charge >= 0.3 is 0 Å². The molecule has 1 aliphatic carbocycles. The van der Waals surface area contributed by atoms with Gasteiger partial charge in [0.05, 0.1) is 14.2 Å². The molecule has 0 unspecified atom stereocenters. The van der Waals surface area contributed by atoms with Gasteiger partial charge < -0.3 is 4.90 Å². The lowest BCUT2D eigenvalue weighted by atomic mass is 9.89. The quantitative estimate of drug-likeness (QED) is 0.238. The van der Waals surface area contributed by atoms with E-state index in [-0.39, 0.29) is 0 Å². The molecule has 0 heterocycles. The first kappa shape index (κ1) is 32.5. The number of hydrogen-bond donors (Lipinski definition) is 0. The number of hydrogen-bond acceptors (Lipinski definition) is 7. The van der Waals surface area contributed by atoms with Crippen molar-refractivity contribution in [1.29, 1.82) is 0 Å². The van der Waals surface area contributed by atoms with Crippen LogP contribution < -0.4 is 4.90 Å². The molecule has 10 heteroatoms. The minimum atomic E-state index is -3.93. The summed E-state index contributed by atoms with van der Waals surface area (Å²) in [5.41, 5.74) is 6.47. The third kappa shape index (κ3) is 8.25. The van der Waals surface area contributed by atoms with Crippen LogP contribution in [0.1, 0.15) is 49.9 Å². The molecule has 2 aromatic rings. The highest BCUT2D eigenvalue weighted by atomic mass is 32.2. The fourth-order valence-corrected chi connectivity index (χ4v) is 6.46. The summed E-state index contributed by atoms with van der Waals surface area (Å²) in [6, 6.07) is 13.5. The first-order valence-electron chi connectivity index (χ1n) is 13.8. The Bertz CT molecular complexity index is 1540. The van der Waals surface area contributed by atoms with Crippen LogP contribution in [-0.2, 0) is 40.1 Å². The predicted octanol–water partition coefficient (Wildman–Crippen LogP) is 4.91. The van der Waals surface area contributed by atoms with Crippen LogP contribution in [0.5, 0.6) is 0 Å². The Kier molecular flexibility index (Phi) is 11.3. The van der Waals surface area contributed by atoms with Gasteiger partial charge in [-0.1, -0.05) is 24.3 Å². The van der Waals surface area contributed by atoms with Gasteiger partial charge in [0.25, 0.3) is 20.2 Å². The van der Waals surface area contributed by atoms with Crippen LogP contribution in [0.4, 0.5) is 5.69 Å². The first-order chi connectivity index (χ1) is 19.5. The fourth-order valence-electron chi connectivity index (χ4n) is 4.91. The second kappa shape index (κ2) is 14.2. The Morgan fingerprint density at radius 3 is 1.71 bits per heavy atom. The largest absolute Gasteiger partial charge is 0.372 e. The zero-order valence-corrected chi connectivity index (χ0v) is 26.4. The van der Waals surface area contributed by atoms with Gasteiger partial charge in [-0.2, -0.15) is 16.8 Å². The summed E-state index contributed by atoms with van der Waals surface area (Å²) in [5.74, 6) is -0.925. The van der Waals surface area contributed by atoms with Crippen LogP contribution in [0.2, 0.25) is 0 Å². The molecule has 0 aromatic heterocycles. The Labute approximate surface area is 245 Å². The molecule has 0 atom stereocenters. The summed E-state index contributed by atoms with van der Waals surface area (Å²) in [6.07, 6.45) is 8.30. The average Bonchev–Trinajstić information content (AvgIpc) is 2.97. The van der Waals surface area contributed by atoms with Crippen molar-refractivity contribution in [2.75, 3.05) is 45.3 Å². The summed E-state index contributed by atoms with van der Waals surface area (Å²) in [4.78, 5) is 2.26. The molecule has 0 fully saturated rings. The maximum absolute atomic E-state index is 12.5. The number of allylic oxidation sites excluding steroid dienone is 5. The summed E-state index contributed by atoms with van der Waals surface area (Å²) < 4.78 is 61.1. The van der Waals surface area contributed by atoms with Crippen LogP contribution >= 0.6 is 0 Å². The van der Waals surface area contributed by atoms with E-state index >= 15 is 0 Å². The molecular formula is C31H41N2O6S2+. The van der Waals surface area contributed by atoms with Gasteiger partial charge in [-0.05, 0) is 91.4 Å². The summed E-state index contributed by atoms with van der Waals surface area (Å²) >= 11 is 0. The van der Waals surface area contributed by atoms with E-state index in [1.165, 1.54) is 0 Å². The summed E-state index contributed by atoms with van der Waals surface area (Å²) in [7, 11) is -5.63. The lowest BCUT2D eigenvalue weighted by Crippen LogP contribution is -2.21. The van der Waals surface area contributed by atoms with E-state index < -0.39 is 31.7 Å². The number of rotatable bonds is 13. The van der Waals surface area contributed by atoms with Crippen molar-refractivity contribution in [2.45, 2.75) is 39.2 Å². The monoisotopic (exact) mass is 601 g/mol. The van der Waals surface area contributed by atoms with Crippen molar-refractivity contribution in [3.63, 3.8) is 0 Å². The number of nitrogens with zero attached hydrogens (tertiary/aromatic N) is 2. The molecule has 1 aliphatic rings. The van der Waals surface area contributed by atoms with Crippen molar-refractivity contribution < 1.29 is 29.8 Å². The van der Waals surface area contributed by atoms with Crippen molar-refractivity contribution in [3.05, 3.63) is 94.6 Å². The van der Waals surface area contributed by atoms with Crippen molar-refractivity contribution >= 4 is 37.2 Å². The van der Waals surface area contributed by atoms with Gasteiger partial charge in [0.2, 0.25) is 0 Å². The molecule has 222 valence electrons. The van der Waals surface area contributed by atoms with Gasteiger partial charge in [0.15, 0.2) is 5.71 Å².